The van der Waals surface area contributed by atoms with Crippen molar-refractivity contribution in [2.45, 2.75) is 38.8 Å². The summed E-state index contributed by atoms with van der Waals surface area (Å²) in [4.78, 5) is 27.4. The molecule has 190 valence electrons. The van der Waals surface area contributed by atoms with E-state index in [2.05, 4.69) is 10.4 Å². The van der Waals surface area contributed by atoms with E-state index in [1.165, 1.54) is 12.1 Å². The first-order valence-electron chi connectivity index (χ1n) is 11.9. The number of rotatable bonds is 5. The Bertz CT molecular complexity index is 1490. The Hall–Kier alpha value is -4.14. The van der Waals surface area contributed by atoms with Crippen LogP contribution in [0.2, 0.25) is 0 Å². The maximum absolute atomic E-state index is 13.8. The van der Waals surface area contributed by atoms with Gasteiger partial charge in [0, 0.05) is 18.0 Å². The molecule has 5 rings (SSSR count). The molecule has 1 fully saturated rings. The Kier molecular flexibility index (Phi) is 6.01. The second-order valence-corrected chi connectivity index (χ2v) is 9.52. The second-order valence-electron chi connectivity index (χ2n) is 9.52. The summed E-state index contributed by atoms with van der Waals surface area (Å²) in [6, 6.07) is 17.2. The van der Waals surface area contributed by atoms with Gasteiger partial charge >= 0.3 is 5.92 Å². The molecule has 0 aliphatic carbocycles. The van der Waals surface area contributed by atoms with Crippen molar-refractivity contribution in [1.29, 1.82) is 0 Å². The number of aromatic nitrogens is 2. The van der Waals surface area contributed by atoms with Gasteiger partial charge in [-0.15, -0.1) is 0 Å². The molecule has 0 unspecified atom stereocenters. The van der Waals surface area contributed by atoms with Crippen LogP contribution in [0.25, 0.3) is 16.6 Å². The first-order valence-corrected chi connectivity index (χ1v) is 11.9. The van der Waals surface area contributed by atoms with Gasteiger partial charge in [-0.1, -0.05) is 36.8 Å². The van der Waals surface area contributed by atoms with Gasteiger partial charge in [0.25, 0.3) is 5.91 Å². The molecule has 0 bridgehead atoms. The lowest BCUT2D eigenvalue weighted by Crippen LogP contribution is -2.48. The molecule has 0 radical (unpaired) electrons. The number of nitrogens with zero attached hydrogens (tertiary/aromatic N) is 3. The fourth-order valence-electron chi connectivity index (χ4n) is 4.88. The van der Waals surface area contributed by atoms with Crippen LogP contribution in [0.4, 0.5) is 18.9 Å². The normalized spacial score (nSPS) is 20.0. The summed E-state index contributed by atoms with van der Waals surface area (Å²) in [5, 5.41) is 7.59. The molecule has 1 aromatic heterocycles. The smallest absolute Gasteiger partial charge is 0.321 e. The maximum Gasteiger partial charge on any atom is 0.321 e. The van der Waals surface area contributed by atoms with Gasteiger partial charge in [-0.2, -0.15) is 13.9 Å². The van der Waals surface area contributed by atoms with E-state index in [4.69, 9.17) is 0 Å². The van der Waals surface area contributed by atoms with Crippen LogP contribution in [-0.4, -0.2) is 33.6 Å². The van der Waals surface area contributed by atoms with Crippen LogP contribution < -0.4 is 10.2 Å². The summed E-state index contributed by atoms with van der Waals surface area (Å²) >= 11 is 0. The molecule has 3 aromatic carbocycles. The number of halogens is 3. The van der Waals surface area contributed by atoms with Crippen molar-refractivity contribution in [3.05, 3.63) is 89.9 Å². The SMILES string of the molecule is Cc1cccc([C@@H]2[C@@H](NC(=O)C(C)(F)F)[C@@H](C)C(=O)N2c2ccc3c(cnn3-c3ccc(F)cc3)c2)c1. The number of alkyl halides is 2. The first kappa shape index (κ1) is 24.5. The Morgan fingerprint density at radius 1 is 1.03 bits per heavy atom. The highest BCUT2D eigenvalue weighted by atomic mass is 19.3. The van der Waals surface area contributed by atoms with Crippen LogP contribution in [0.15, 0.2) is 72.9 Å². The molecular weight excluding hydrogens is 481 g/mol. The first-order chi connectivity index (χ1) is 17.5. The third-order valence-corrected chi connectivity index (χ3v) is 6.77. The van der Waals surface area contributed by atoms with Crippen LogP contribution in [0.5, 0.6) is 0 Å². The molecule has 9 heteroatoms. The van der Waals surface area contributed by atoms with Crippen molar-refractivity contribution in [3.8, 4) is 5.69 Å². The van der Waals surface area contributed by atoms with E-state index < -0.39 is 29.8 Å². The van der Waals surface area contributed by atoms with Crippen LogP contribution >= 0.6 is 0 Å². The Morgan fingerprint density at radius 2 is 1.73 bits per heavy atom. The molecule has 3 atom stereocenters. The number of hydrogen-bond acceptors (Lipinski definition) is 3. The molecule has 1 N–H and O–H groups in total. The van der Waals surface area contributed by atoms with Crippen molar-refractivity contribution >= 4 is 28.4 Å². The molecule has 6 nitrogen and oxygen atoms in total. The number of benzene rings is 3. The van der Waals surface area contributed by atoms with E-state index in [9.17, 15) is 22.8 Å². The standard InChI is InChI=1S/C28H25F3N4O2/c1-16-5-4-6-18(13-16)25-24(33-27(37)28(3,30)31)17(2)26(36)34(25)22-11-12-23-19(14-22)15-32-35(23)21-9-7-20(29)8-10-21/h4-15,17,24-25H,1-3H3,(H,33,37)/t17-,24+,25-/m1/s1. The van der Waals surface area contributed by atoms with Gasteiger partial charge in [-0.3, -0.25) is 9.59 Å². The predicted molar refractivity (Wildman–Crippen MR) is 134 cm³/mol. The zero-order valence-corrected chi connectivity index (χ0v) is 20.5. The molecule has 4 aromatic rings. The molecule has 2 amide bonds. The fraction of sp³-hybridized carbons (Fsp3) is 0.250. The number of carbonyl (C=O) groups is 2. The number of fused-ring (bicyclic) bond motifs is 1. The second kappa shape index (κ2) is 9.06. The number of carbonyl (C=O) groups excluding carboxylic acids is 2. The third kappa shape index (κ3) is 4.45. The largest absolute Gasteiger partial charge is 0.345 e. The lowest BCUT2D eigenvalue weighted by Gasteiger charge is -2.30. The molecular formula is C28H25F3N4O2. The predicted octanol–water partition coefficient (Wildman–Crippen LogP) is 5.34. The maximum atomic E-state index is 13.8. The topological polar surface area (TPSA) is 67.2 Å². The van der Waals surface area contributed by atoms with E-state index in [0.29, 0.717) is 18.3 Å². The molecule has 1 aliphatic rings. The number of nitrogens with one attached hydrogen (secondary N) is 1. The van der Waals surface area contributed by atoms with Crippen molar-refractivity contribution in [3.63, 3.8) is 0 Å². The lowest BCUT2D eigenvalue weighted by molar-refractivity contribution is -0.144. The summed E-state index contributed by atoms with van der Waals surface area (Å²) in [5.74, 6) is -6.39. The number of hydrogen-bond donors (Lipinski definition) is 1. The van der Waals surface area contributed by atoms with Crippen molar-refractivity contribution in [1.82, 2.24) is 15.1 Å². The number of anilines is 1. The summed E-state index contributed by atoms with van der Waals surface area (Å²) in [6.07, 6.45) is 1.64. The highest BCUT2D eigenvalue weighted by Crippen LogP contribution is 2.41. The molecule has 37 heavy (non-hydrogen) atoms. The van der Waals surface area contributed by atoms with Gasteiger partial charge in [-0.25, -0.2) is 9.07 Å². The summed E-state index contributed by atoms with van der Waals surface area (Å²) in [6.45, 7) is 4.07. The molecule has 1 aliphatic heterocycles. The van der Waals surface area contributed by atoms with E-state index in [1.807, 2.05) is 31.2 Å². The lowest BCUT2D eigenvalue weighted by atomic mass is 9.93. The average molecular weight is 507 g/mol. The summed E-state index contributed by atoms with van der Waals surface area (Å²) in [7, 11) is 0. The van der Waals surface area contributed by atoms with Crippen molar-refractivity contribution in [2.75, 3.05) is 4.90 Å². The van der Waals surface area contributed by atoms with E-state index in [-0.39, 0.29) is 11.7 Å². The van der Waals surface area contributed by atoms with Crippen LogP contribution in [0, 0.1) is 18.7 Å². The zero-order valence-electron chi connectivity index (χ0n) is 20.5. The van der Waals surface area contributed by atoms with Crippen LogP contribution in [0.1, 0.15) is 31.0 Å². The van der Waals surface area contributed by atoms with Gasteiger partial charge in [0.15, 0.2) is 0 Å². The van der Waals surface area contributed by atoms with Gasteiger partial charge in [0.2, 0.25) is 5.91 Å². The molecule has 2 heterocycles. The van der Waals surface area contributed by atoms with Gasteiger partial charge < -0.3 is 10.2 Å². The minimum absolute atomic E-state index is 0.290. The van der Waals surface area contributed by atoms with Gasteiger partial charge in [0.1, 0.15) is 5.82 Å². The van der Waals surface area contributed by atoms with E-state index in [0.717, 1.165) is 22.0 Å². The van der Waals surface area contributed by atoms with E-state index >= 15 is 0 Å². The average Bonchev–Trinajstić information content (AvgIpc) is 3.38. The van der Waals surface area contributed by atoms with Crippen LogP contribution in [0.3, 0.4) is 0 Å². The van der Waals surface area contributed by atoms with Crippen molar-refractivity contribution < 1.29 is 22.8 Å². The van der Waals surface area contributed by atoms with Crippen LogP contribution in [-0.2, 0) is 9.59 Å². The highest BCUT2D eigenvalue weighted by Gasteiger charge is 2.49. The number of amides is 2. The molecule has 0 saturated carbocycles. The minimum Gasteiger partial charge on any atom is -0.345 e. The van der Waals surface area contributed by atoms with E-state index in [1.54, 1.807) is 53.0 Å². The fourth-order valence-corrected chi connectivity index (χ4v) is 4.88. The van der Waals surface area contributed by atoms with Gasteiger partial charge in [-0.05, 0) is 55.0 Å². The summed E-state index contributed by atoms with van der Waals surface area (Å²) in [5.41, 5.74) is 3.64. The third-order valence-electron chi connectivity index (χ3n) is 6.77. The Labute approximate surface area is 211 Å². The van der Waals surface area contributed by atoms with Crippen molar-refractivity contribution in [2.24, 2.45) is 5.92 Å². The molecule has 0 spiro atoms. The molecule has 1 saturated heterocycles. The Balaban J connectivity index is 1.58. The van der Waals surface area contributed by atoms with Gasteiger partial charge in [0.05, 0.1) is 35.4 Å². The zero-order chi connectivity index (χ0) is 26.5. The highest BCUT2D eigenvalue weighted by molar-refractivity contribution is 6.01. The quantitative estimate of drug-likeness (QED) is 0.398. The monoisotopic (exact) mass is 506 g/mol. The Morgan fingerprint density at radius 3 is 2.41 bits per heavy atom. The number of aryl methyl sites for hydroxylation is 1. The summed E-state index contributed by atoms with van der Waals surface area (Å²) < 4.78 is 42.7. The minimum atomic E-state index is -3.58.